The van der Waals surface area contributed by atoms with E-state index < -0.39 is 11.4 Å². The first-order chi connectivity index (χ1) is 14.9. The summed E-state index contributed by atoms with van der Waals surface area (Å²) in [6, 6.07) is 0. The molecule has 0 aromatic rings. The number of allylic oxidation sites excluding steroid dienone is 1. The van der Waals surface area contributed by atoms with Gasteiger partial charge in [0.25, 0.3) is 0 Å². The van der Waals surface area contributed by atoms with Crippen molar-refractivity contribution >= 4 is 5.97 Å². The van der Waals surface area contributed by atoms with Crippen LogP contribution in [0.3, 0.4) is 0 Å². The quantitative estimate of drug-likeness (QED) is 0.468. The maximum atomic E-state index is 12.7. The van der Waals surface area contributed by atoms with Crippen LogP contribution in [-0.2, 0) is 4.79 Å². The molecule has 5 saturated carbocycles. The summed E-state index contributed by atoms with van der Waals surface area (Å²) in [5, 5.41) is 21.1. The minimum absolute atomic E-state index is 0.134. The van der Waals surface area contributed by atoms with Gasteiger partial charge in [-0.05, 0) is 123 Å². The zero-order valence-corrected chi connectivity index (χ0v) is 21.1. The highest BCUT2D eigenvalue weighted by atomic mass is 16.4. The van der Waals surface area contributed by atoms with Crippen LogP contribution in [0.2, 0.25) is 0 Å². The molecule has 0 heterocycles. The Morgan fingerprint density at radius 2 is 1.59 bits per heavy atom. The van der Waals surface area contributed by atoms with Crippen molar-refractivity contribution in [2.45, 2.75) is 105 Å². The molecule has 0 aliphatic heterocycles. The summed E-state index contributed by atoms with van der Waals surface area (Å²) in [6.45, 7) is 16.5. The Hall–Kier alpha value is -0.830. The van der Waals surface area contributed by atoms with Gasteiger partial charge in [0, 0.05) is 0 Å². The predicted octanol–water partition coefficient (Wildman–Crippen LogP) is 6.70. The molecule has 32 heavy (non-hydrogen) atoms. The van der Waals surface area contributed by atoms with Crippen molar-refractivity contribution in [1.82, 2.24) is 0 Å². The maximum absolute atomic E-state index is 12.7. The molecule has 2 N–H and O–H groups in total. The molecule has 5 unspecified atom stereocenters. The number of aliphatic carboxylic acids is 1. The van der Waals surface area contributed by atoms with Crippen LogP contribution in [0.5, 0.6) is 0 Å². The smallest absolute Gasteiger partial charge is 0.309 e. The van der Waals surface area contributed by atoms with Gasteiger partial charge in [-0.15, -0.1) is 0 Å². The Morgan fingerprint density at radius 3 is 2.25 bits per heavy atom. The lowest BCUT2D eigenvalue weighted by molar-refractivity contribution is -0.236. The van der Waals surface area contributed by atoms with Crippen molar-refractivity contribution in [3.05, 3.63) is 12.2 Å². The van der Waals surface area contributed by atoms with Crippen molar-refractivity contribution in [2.75, 3.05) is 0 Å². The molecule has 0 spiro atoms. The number of fused-ring (bicyclic) bond motifs is 7. The van der Waals surface area contributed by atoms with Crippen molar-refractivity contribution in [2.24, 2.45) is 57.2 Å². The molecule has 0 aromatic carbocycles. The molecular formula is C29H46O3. The van der Waals surface area contributed by atoms with Crippen LogP contribution in [0.1, 0.15) is 98.8 Å². The molecule has 11 atom stereocenters. The second-order valence-electron chi connectivity index (χ2n) is 13.7. The summed E-state index contributed by atoms with van der Waals surface area (Å²) in [5.74, 6) is 2.29. The van der Waals surface area contributed by atoms with Gasteiger partial charge in [-0.25, -0.2) is 0 Å². The number of hydrogen-bond donors (Lipinski definition) is 2. The second kappa shape index (κ2) is 7.09. The van der Waals surface area contributed by atoms with E-state index in [1.54, 1.807) is 0 Å². The number of rotatable bonds is 2. The molecule has 0 bridgehead atoms. The van der Waals surface area contributed by atoms with Crippen LogP contribution in [-0.4, -0.2) is 22.3 Å². The van der Waals surface area contributed by atoms with Crippen LogP contribution >= 0.6 is 0 Å². The van der Waals surface area contributed by atoms with E-state index in [0.29, 0.717) is 35.0 Å². The summed E-state index contributed by atoms with van der Waals surface area (Å²) < 4.78 is 0. The third kappa shape index (κ3) is 2.61. The van der Waals surface area contributed by atoms with E-state index in [4.69, 9.17) is 0 Å². The number of carboxylic acid groups (broad SMARTS) is 1. The lowest BCUT2D eigenvalue weighted by Crippen LogP contribution is -2.66. The zero-order valence-electron chi connectivity index (χ0n) is 21.1. The third-order valence-electron chi connectivity index (χ3n) is 13.1. The molecule has 3 heteroatoms. The highest BCUT2D eigenvalue weighted by Crippen LogP contribution is 2.76. The number of aliphatic hydroxyl groups is 1. The molecule has 5 fully saturated rings. The Labute approximate surface area is 195 Å². The van der Waals surface area contributed by atoms with E-state index in [9.17, 15) is 15.0 Å². The van der Waals surface area contributed by atoms with Crippen LogP contribution in [0.15, 0.2) is 12.2 Å². The molecule has 0 amide bonds. The van der Waals surface area contributed by atoms with Gasteiger partial charge in [0.05, 0.1) is 11.5 Å². The van der Waals surface area contributed by atoms with Gasteiger partial charge >= 0.3 is 5.97 Å². The molecule has 3 nitrogen and oxygen atoms in total. The SMILES string of the molecule is C=C(C)C1CC[C@]2(C(=O)O)CC[C@]3(C)C(CCC4[C@@]5(C)CC[C@H](O)[C@H](C)C5CC[C@]43C)C12. The number of hydrogen-bond acceptors (Lipinski definition) is 2. The van der Waals surface area contributed by atoms with Crippen LogP contribution in [0.4, 0.5) is 0 Å². The van der Waals surface area contributed by atoms with Crippen molar-refractivity contribution in [1.29, 1.82) is 0 Å². The Balaban J connectivity index is 1.56. The minimum atomic E-state index is -0.536. The summed E-state index contributed by atoms with van der Waals surface area (Å²) in [7, 11) is 0. The average Bonchev–Trinajstić information content (AvgIpc) is 3.13. The van der Waals surface area contributed by atoms with E-state index in [-0.39, 0.29) is 22.9 Å². The van der Waals surface area contributed by atoms with Gasteiger partial charge in [0.1, 0.15) is 0 Å². The normalized spacial score (nSPS) is 57.0. The molecule has 0 aromatic heterocycles. The fourth-order valence-corrected chi connectivity index (χ4v) is 11.1. The van der Waals surface area contributed by atoms with Crippen LogP contribution in [0.25, 0.3) is 0 Å². The summed E-state index contributed by atoms with van der Waals surface area (Å²) in [5.41, 5.74) is 1.45. The first-order valence-corrected chi connectivity index (χ1v) is 13.5. The molecule has 5 aliphatic rings. The summed E-state index contributed by atoms with van der Waals surface area (Å²) in [4.78, 5) is 12.7. The Bertz CT molecular complexity index is 819. The van der Waals surface area contributed by atoms with Gasteiger partial charge in [-0.3, -0.25) is 4.79 Å². The van der Waals surface area contributed by atoms with E-state index in [0.717, 1.165) is 38.5 Å². The van der Waals surface area contributed by atoms with Gasteiger partial charge in [0.15, 0.2) is 0 Å². The first kappa shape index (κ1) is 22.9. The topological polar surface area (TPSA) is 57.5 Å². The van der Waals surface area contributed by atoms with Crippen LogP contribution in [0, 0.1) is 57.2 Å². The van der Waals surface area contributed by atoms with Gasteiger partial charge in [-0.2, -0.15) is 0 Å². The third-order valence-corrected chi connectivity index (χ3v) is 13.1. The van der Waals surface area contributed by atoms with E-state index >= 15 is 0 Å². The summed E-state index contributed by atoms with van der Waals surface area (Å²) >= 11 is 0. The fraction of sp³-hybridized carbons (Fsp3) is 0.897. The Kier molecular flexibility index (Phi) is 5.08. The molecule has 0 radical (unpaired) electrons. The second-order valence-corrected chi connectivity index (χ2v) is 13.7. The monoisotopic (exact) mass is 442 g/mol. The van der Waals surface area contributed by atoms with Crippen molar-refractivity contribution in [3.63, 3.8) is 0 Å². The summed E-state index contributed by atoms with van der Waals surface area (Å²) in [6.07, 6.45) is 10.6. The van der Waals surface area contributed by atoms with Crippen molar-refractivity contribution in [3.8, 4) is 0 Å². The Morgan fingerprint density at radius 1 is 0.875 bits per heavy atom. The zero-order chi connectivity index (χ0) is 23.3. The highest BCUT2D eigenvalue weighted by Gasteiger charge is 2.71. The van der Waals surface area contributed by atoms with Gasteiger partial charge < -0.3 is 10.2 Å². The standard InChI is InChI=1S/C29H46O3/c1-17(2)19-9-14-29(25(31)32)16-15-27(5)21(24(19)29)7-8-23-26(4)12-11-22(30)18(3)20(26)10-13-28(23,27)6/h18-24,30H,1,7-16H2,2-6H3,(H,31,32)/t18-,19?,20?,21?,22+,23?,24?,26+,27-,28-,29+/m1/s1. The predicted molar refractivity (Wildman–Crippen MR) is 128 cm³/mol. The maximum Gasteiger partial charge on any atom is 0.309 e. The van der Waals surface area contributed by atoms with E-state index in [1.807, 2.05) is 0 Å². The lowest BCUT2D eigenvalue weighted by atomic mass is 9.33. The number of carbonyl (C=O) groups is 1. The average molecular weight is 443 g/mol. The molecular weight excluding hydrogens is 396 g/mol. The number of carboxylic acids is 1. The van der Waals surface area contributed by atoms with Gasteiger partial charge in [-0.1, -0.05) is 39.8 Å². The largest absolute Gasteiger partial charge is 0.481 e. The minimum Gasteiger partial charge on any atom is -0.481 e. The van der Waals surface area contributed by atoms with E-state index in [1.165, 1.54) is 31.3 Å². The number of aliphatic hydroxyl groups excluding tert-OH is 1. The lowest BCUT2D eigenvalue weighted by Gasteiger charge is -2.71. The van der Waals surface area contributed by atoms with Crippen molar-refractivity contribution < 1.29 is 15.0 Å². The van der Waals surface area contributed by atoms with E-state index in [2.05, 4.69) is 41.2 Å². The fourth-order valence-electron chi connectivity index (χ4n) is 11.1. The van der Waals surface area contributed by atoms with Gasteiger partial charge in [0.2, 0.25) is 0 Å². The first-order valence-electron chi connectivity index (χ1n) is 13.5. The van der Waals surface area contributed by atoms with Crippen LogP contribution < -0.4 is 0 Å². The molecule has 5 rings (SSSR count). The molecule has 180 valence electrons. The molecule has 5 aliphatic carbocycles. The highest BCUT2D eigenvalue weighted by molar-refractivity contribution is 5.76. The molecule has 0 saturated heterocycles.